The van der Waals surface area contributed by atoms with Gasteiger partial charge in [0.1, 0.15) is 6.54 Å². The molecule has 0 fully saturated rings. The molecule has 1 aliphatic rings. The van der Waals surface area contributed by atoms with Crippen molar-refractivity contribution in [3.8, 4) is 0 Å². The highest BCUT2D eigenvalue weighted by Crippen LogP contribution is 2.29. The number of nitrogens with one attached hydrogen (secondary N) is 2. The maximum atomic E-state index is 12.9. The third kappa shape index (κ3) is 4.41. The molecule has 30 heavy (non-hydrogen) atoms. The molecule has 1 aromatic heterocycles. The maximum Gasteiger partial charge on any atom is 0.416 e. The molecule has 0 spiro atoms. The van der Waals surface area contributed by atoms with Crippen LogP contribution in [0.5, 0.6) is 0 Å². The highest BCUT2D eigenvalue weighted by Gasteiger charge is 2.32. The van der Waals surface area contributed by atoms with Crippen LogP contribution in [0.4, 0.5) is 13.2 Å². The van der Waals surface area contributed by atoms with Gasteiger partial charge in [0, 0.05) is 17.5 Å². The normalized spacial score (nSPS) is 17.2. The lowest BCUT2D eigenvalue weighted by molar-refractivity contribution is -0.946. The van der Waals surface area contributed by atoms with E-state index in [0.717, 1.165) is 37.4 Å². The Morgan fingerprint density at radius 2 is 1.87 bits per heavy atom. The van der Waals surface area contributed by atoms with Gasteiger partial charge in [0.05, 0.1) is 24.9 Å². The number of furan rings is 1. The van der Waals surface area contributed by atoms with Gasteiger partial charge in [-0.2, -0.15) is 13.2 Å². The van der Waals surface area contributed by atoms with E-state index in [1.54, 1.807) is 12.3 Å². The number of halogens is 3. The number of carbonyl (C=O) groups excluding carboxylic acids is 1. The Labute approximate surface area is 172 Å². The molecule has 0 aliphatic carbocycles. The number of amides is 1. The molecule has 7 heteroatoms. The van der Waals surface area contributed by atoms with Gasteiger partial charge < -0.3 is 14.6 Å². The Morgan fingerprint density at radius 1 is 1.07 bits per heavy atom. The van der Waals surface area contributed by atoms with Crippen LogP contribution in [-0.4, -0.2) is 19.0 Å². The molecular weight excluding hydrogens is 393 g/mol. The minimum atomic E-state index is -4.49. The fourth-order valence-corrected chi connectivity index (χ4v) is 3.97. The number of hydrogen-bond donors (Lipinski definition) is 2. The molecule has 1 unspecified atom stereocenters. The Bertz CT molecular complexity index is 1020. The number of rotatable bonds is 5. The average Bonchev–Trinajstić information content (AvgIpc) is 3.28. The lowest BCUT2D eigenvalue weighted by Gasteiger charge is -2.31. The fraction of sp³-hybridized carbons (Fsp3) is 0.261. The van der Waals surface area contributed by atoms with E-state index in [2.05, 4.69) is 17.4 Å². The zero-order valence-corrected chi connectivity index (χ0v) is 16.2. The van der Waals surface area contributed by atoms with Gasteiger partial charge >= 0.3 is 6.18 Å². The zero-order valence-electron chi connectivity index (χ0n) is 16.2. The van der Waals surface area contributed by atoms with Crippen molar-refractivity contribution in [2.45, 2.75) is 25.2 Å². The van der Waals surface area contributed by atoms with Crippen molar-refractivity contribution < 1.29 is 27.3 Å². The van der Waals surface area contributed by atoms with Crippen molar-refractivity contribution in [1.29, 1.82) is 0 Å². The minimum absolute atomic E-state index is 0.0120. The largest absolute Gasteiger partial charge is 0.463 e. The Kier molecular flexibility index (Phi) is 5.63. The Morgan fingerprint density at radius 3 is 2.60 bits per heavy atom. The summed E-state index contributed by atoms with van der Waals surface area (Å²) in [5, 5.41) is 2.80. The molecular formula is C23H22F3N2O2+. The van der Waals surface area contributed by atoms with Gasteiger partial charge in [-0.1, -0.05) is 30.3 Å². The summed E-state index contributed by atoms with van der Waals surface area (Å²) in [7, 11) is 0. The smallest absolute Gasteiger partial charge is 0.416 e. The SMILES string of the molecule is O=C(NC[C@H](c1ccco1)[NH+]1CCc2ccccc2C1)c1cccc(C(F)(F)F)c1. The van der Waals surface area contributed by atoms with Crippen LogP contribution >= 0.6 is 0 Å². The fourth-order valence-electron chi connectivity index (χ4n) is 3.97. The summed E-state index contributed by atoms with van der Waals surface area (Å²) >= 11 is 0. The molecule has 4 nitrogen and oxygen atoms in total. The van der Waals surface area contributed by atoms with Crippen LogP contribution in [0.25, 0.3) is 0 Å². The van der Waals surface area contributed by atoms with E-state index in [1.807, 2.05) is 18.2 Å². The first-order valence-electron chi connectivity index (χ1n) is 9.82. The maximum absolute atomic E-state index is 12.9. The van der Waals surface area contributed by atoms with Gasteiger partial charge in [0.15, 0.2) is 11.8 Å². The monoisotopic (exact) mass is 415 g/mol. The number of hydrogen-bond acceptors (Lipinski definition) is 2. The average molecular weight is 415 g/mol. The summed E-state index contributed by atoms with van der Waals surface area (Å²) in [6.45, 7) is 1.93. The number of fused-ring (bicyclic) bond motifs is 1. The van der Waals surface area contributed by atoms with Crippen LogP contribution < -0.4 is 10.2 Å². The van der Waals surface area contributed by atoms with E-state index in [1.165, 1.54) is 28.2 Å². The Balaban J connectivity index is 1.50. The van der Waals surface area contributed by atoms with E-state index in [4.69, 9.17) is 4.42 Å². The molecule has 2 heterocycles. The van der Waals surface area contributed by atoms with E-state index >= 15 is 0 Å². The summed E-state index contributed by atoms with van der Waals surface area (Å²) in [4.78, 5) is 13.8. The molecule has 1 aliphatic heterocycles. The van der Waals surface area contributed by atoms with Gasteiger partial charge in [-0.25, -0.2) is 0 Å². The van der Waals surface area contributed by atoms with Gasteiger partial charge in [0.25, 0.3) is 5.91 Å². The standard InChI is InChI=1S/C23H21F3N2O2/c24-23(25,26)19-8-3-7-17(13-19)22(29)27-14-20(21-9-4-12-30-21)28-11-10-16-5-1-2-6-18(16)15-28/h1-9,12-13,20H,10-11,14-15H2,(H,27,29)/p+1/t20-/m1/s1. The quantitative estimate of drug-likeness (QED) is 0.671. The second kappa shape index (κ2) is 8.36. The molecule has 0 saturated carbocycles. The molecule has 0 radical (unpaired) electrons. The molecule has 2 atom stereocenters. The van der Waals surface area contributed by atoms with Crippen LogP contribution in [0, 0.1) is 0 Å². The summed E-state index contributed by atoms with van der Waals surface area (Å²) in [6.07, 6.45) is -1.98. The topological polar surface area (TPSA) is 46.7 Å². The minimum Gasteiger partial charge on any atom is -0.463 e. The number of carbonyl (C=O) groups is 1. The van der Waals surface area contributed by atoms with E-state index in [-0.39, 0.29) is 18.2 Å². The number of benzene rings is 2. The predicted molar refractivity (Wildman–Crippen MR) is 105 cm³/mol. The van der Waals surface area contributed by atoms with Crippen LogP contribution in [0.1, 0.15) is 38.9 Å². The van der Waals surface area contributed by atoms with Crippen molar-refractivity contribution in [1.82, 2.24) is 5.32 Å². The third-order valence-corrected chi connectivity index (χ3v) is 5.55. The molecule has 2 N–H and O–H groups in total. The van der Waals surface area contributed by atoms with Crippen molar-refractivity contribution >= 4 is 5.91 Å². The lowest BCUT2D eigenvalue weighted by Crippen LogP contribution is -3.12. The molecule has 3 aromatic rings. The first kappa shape index (κ1) is 20.2. The van der Waals surface area contributed by atoms with E-state index < -0.39 is 17.6 Å². The molecule has 0 saturated heterocycles. The third-order valence-electron chi connectivity index (χ3n) is 5.55. The summed E-state index contributed by atoms with van der Waals surface area (Å²) in [6, 6.07) is 16.3. The summed E-state index contributed by atoms with van der Waals surface area (Å²) < 4.78 is 44.5. The lowest BCUT2D eigenvalue weighted by atomic mass is 9.98. The van der Waals surface area contributed by atoms with Crippen LogP contribution in [0.2, 0.25) is 0 Å². The summed E-state index contributed by atoms with van der Waals surface area (Å²) in [5.74, 6) is 0.211. The van der Waals surface area contributed by atoms with Crippen LogP contribution in [0.15, 0.2) is 71.3 Å². The highest BCUT2D eigenvalue weighted by molar-refractivity contribution is 5.94. The second-order valence-corrected chi connectivity index (χ2v) is 7.46. The van der Waals surface area contributed by atoms with Crippen molar-refractivity contribution in [3.05, 3.63) is 94.9 Å². The van der Waals surface area contributed by atoms with E-state index in [9.17, 15) is 18.0 Å². The van der Waals surface area contributed by atoms with Gasteiger partial charge in [0.2, 0.25) is 0 Å². The first-order chi connectivity index (χ1) is 14.4. The molecule has 1 amide bonds. The van der Waals surface area contributed by atoms with Gasteiger partial charge in [-0.15, -0.1) is 0 Å². The number of alkyl halides is 3. The van der Waals surface area contributed by atoms with E-state index in [0.29, 0.717) is 0 Å². The summed E-state index contributed by atoms with van der Waals surface area (Å²) in [5.41, 5.74) is 1.74. The predicted octanol–water partition coefficient (Wildman–Crippen LogP) is 3.41. The van der Waals surface area contributed by atoms with Gasteiger partial charge in [-0.05, 0) is 35.9 Å². The van der Waals surface area contributed by atoms with Crippen molar-refractivity contribution in [2.75, 3.05) is 13.1 Å². The molecule has 156 valence electrons. The zero-order chi connectivity index (χ0) is 21.1. The van der Waals surface area contributed by atoms with Crippen LogP contribution in [-0.2, 0) is 19.1 Å². The van der Waals surface area contributed by atoms with Gasteiger partial charge in [-0.3, -0.25) is 4.79 Å². The van der Waals surface area contributed by atoms with Crippen LogP contribution in [0.3, 0.4) is 0 Å². The Hall–Kier alpha value is -3.06. The highest BCUT2D eigenvalue weighted by atomic mass is 19.4. The molecule has 2 aromatic carbocycles. The second-order valence-electron chi connectivity index (χ2n) is 7.46. The molecule has 4 rings (SSSR count). The van der Waals surface area contributed by atoms with Crippen molar-refractivity contribution in [2.24, 2.45) is 0 Å². The number of quaternary nitrogens is 1. The van der Waals surface area contributed by atoms with Crippen molar-refractivity contribution in [3.63, 3.8) is 0 Å². The first-order valence-corrected chi connectivity index (χ1v) is 9.82. The molecule has 0 bridgehead atoms.